The van der Waals surface area contributed by atoms with E-state index >= 15 is 0 Å². The molecule has 8 heteroatoms. The van der Waals surface area contributed by atoms with Crippen LogP contribution in [0.2, 0.25) is 0 Å². The normalized spacial score (nSPS) is 12.6. The number of hydrogen-bond acceptors (Lipinski definition) is 4. The van der Waals surface area contributed by atoms with E-state index in [0.717, 1.165) is 10.6 Å². The number of nitrogens with zero attached hydrogens (tertiary/aromatic N) is 2. The number of benzene rings is 1. The molecule has 0 aromatic heterocycles. The number of hydrogen-bond donors (Lipinski definition) is 1. The van der Waals surface area contributed by atoms with E-state index in [9.17, 15) is 8.78 Å². The van der Waals surface area contributed by atoms with E-state index in [-0.39, 0.29) is 17.6 Å². The predicted octanol–water partition coefficient (Wildman–Crippen LogP) is 3.67. The van der Waals surface area contributed by atoms with Gasteiger partial charge < -0.3 is 10.5 Å². The van der Waals surface area contributed by atoms with Gasteiger partial charge in [0.1, 0.15) is 11.4 Å². The van der Waals surface area contributed by atoms with Crippen LogP contribution in [0.25, 0.3) is 0 Å². The number of ether oxygens (including phenoxy) is 1. The zero-order chi connectivity index (χ0) is 16.0. The van der Waals surface area contributed by atoms with Crippen LogP contribution in [0, 0.1) is 0 Å². The third-order valence-electron chi connectivity index (χ3n) is 2.64. The van der Waals surface area contributed by atoms with Crippen molar-refractivity contribution < 1.29 is 13.5 Å². The van der Waals surface area contributed by atoms with Crippen molar-refractivity contribution in [3.05, 3.63) is 41.2 Å². The number of allylic oxidation sites excluding steroid dienone is 2. The fourth-order valence-corrected chi connectivity index (χ4v) is 2.39. The van der Waals surface area contributed by atoms with Gasteiger partial charge in [-0.25, -0.2) is 0 Å². The van der Waals surface area contributed by atoms with E-state index in [1.165, 1.54) is 0 Å². The van der Waals surface area contributed by atoms with Crippen LogP contribution in [-0.4, -0.2) is 29.0 Å². The summed E-state index contributed by atoms with van der Waals surface area (Å²) in [4.78, 5) is -3.31. The molecule has 1 rings (SSSR count). The molecule has 4 nitrogen and oxygen atoms in total. The Kier molecular flexibility index (Phi) is 6.60. The lowest BCUT2D eigenvalue weighted by Crippen LogP contribution is -2.30. The summed E-state index contributed by atoms with van der Waals surface area (Å²) in [6.45, 7) is 3.44. The molecular weight excluding hydrogens is 412 g/mol. The lowest BCUT2D eigenvalue weighted by molar-refractivity contribution is 0.108. The first-order chi connectivity index (χ1) is 9.83. The maximum Gasteiger partial charge on any atom is 0.344 e. The molecule has 1 aromatic rings. The number of nitrogens with two attached hydrogens (primary N) is 1. The predicted molar refractivity (Wildman–Crippen MR) is 87.0 cm³/mol. The van der Waals surface area contributed by atoms with Gasteiger partial charge in [-0.15, -0.1) is 0 Å². The standard InChI is InChI=1S/C13H15Br2F2N3O/c1-19-20(12(11(18)7-14)13(15,16)17)8-9-3-5-10(21-2)6-4-9/h3-6H,1,7-8,18H2,2H3/b12-11-. The monoisotopic (exact) mass is 425 g/mol. The lowest BCUT2D eigenvalue weighted by Gasteiger charge is -2.26. The van der Waals surface area contributed by atoms with Crippen molar-refractivity contribution in [3.63, 3.8) is 0 Å². The van der Waals surface area contributed by atoms with Crippen molar-refractivity contribution in [3.8, 4) is 5.75 Å². The van der Waals surface area contributed by atoms with Gasteiger partial charge in [-0.05, 0) is 33.6 Å². The number of alkyl halides is 4. The molecule has 1 aromatic carbocycles. The van der Waals surface area contributed by atoms with Crippen LogP contribution < -0.4 is 10.5 Å². The van der Waals surface area contributed by atoms with Gasteiger partial charge in [-0.2, -0.15) is 13.9 Å². The van der Waals surface area contributed by atoms with Crippen LogP contribution in [0.4, 0.5) is 8.78 Å². The minimum absolute atomic E-state index is 0.0298. The summed E-state index contributed by atoms with van der Waals surface area (Å²) in [5.41, 5.74) is 5.95. The third kappa shape index (κ3) is 4.96. The molecule has 0 aliphatic rings. The summed E-state index contributed by atoms with van der Waals surface area (Å²) in [5.74, 6) is 0.679. The Morgan fingerprint density at radius 2 is 2.00 bits per heavy atom. The van der Waals surface area contributed by atoms with E-state index in [1.807, 2.05) is 0 Å². The minimum Gasteiger partial charge on any atom is -0.497 e. The van der Waals surface area contributed by atoms with E-state index < -0.39 is 10.5 Å². The number of halogens is 4. The SMILES string of the molecule is C=NN(Cc1ccc(OC)cc1)/C(=C(\N)CBr)C(F)(F)Br. The highest BCUT2D eigenvalue weighted by molar-refractivity contribution is 9.10. The van der Waals surface area contributed by atoms with Gasteiger partial charge in [0.05, 0.1) is 13.7 Å². The maximum absolute atomic E-state index is 13.7. The Balaban J connectivity index is 3.07. The van der Waals surface area contributed by atoms with Gasteiger partial charge in [-0.1, -0.05) is 28.1 Å². The zero-order valence-corrected chi connectivity index (χ0v) is 14.5. The van der Waals surface area contributed by atoms with Crippen LogP contribution in [0.1, 0.15) is 5.56 Å². The van der Waals surface area contributed by atoms with Gasteiger partial charge in [0.25, 0.3) is 0 Å². The molecule has 0 saturated carbocycles. The van der Waals surface area contributed by atoms with Crippen LogP contribution in [-0.2, 0) is 6.54 Å². The molecular formula is C13H15Br2F2N3O. The molecule has 0 amide bonds. The van der Waals surface area contributed by atoms with Crippen LogP contribution in [0.3, 0.4) is 0 Å². The molecule has 116 valence electrons. The second kappa shape index (κ2) is 7.74. The fourth-order valence-electron chi connectivity index (χ4n) is 1.66. The highest BCUT2D eigenvalue weighted by Crippen LogP contribution is 2.35. The topological polar surface area (TPSA) is 50.8 Å². The molecule has 0 heterocycles. The summed E-state index contributed by atoms with van der Waals surface area (Å²) >= 11 is 5.39. The Morgan fingerprint density at radius 1 is 1.43 bits per heavy atom. The van der Waals surface area contributed by atoms with Crippen LogP contribution >= 0.6 is 31.9 Å². The molecule has 0 unspecified atom stereocenters. The zero-order valence-electron chi connectivity index (χ0n) is 11.3. The van der Waals surface area contributed by atoms with Gasteiger partial charge in [0.15, 0.2) is 0 Å². The number of rotatable bonds is 7. The first kappa shape index (κ1) is 17.9. The smallest absolute Gasteiger partial charge is 0.344 e. The molecule has 21 heavy (non-hydrogen) atoms. The fraction of sp³-hybridized carbons (Fsp3) is 0.308. The molecule has 2 N–H and O–H groups in total. The van der Waals surface area contributed by atoms with E-state index in [4.69, 9.17) is 10.5 Å². The highest BCUT2D eigenvalue weighted by atomic mass is 79.9. The van der Waals surface area contributed by atoms with Gasteiger partial charge in [-0.3, -0.25) is 5.01 Å². The summed E-state index contributed by atoms with van der Waals surface area (Å²) in [6.07, 6.45) is 0. The Bertz CT molecular complexity index is 515. The molecule has 0 aliphatic carbocycles. The second-order valence-corrected chi connectivity index (χ2v) is 5.61. The Labute approximate surface area is 138 Å². The van der Waals surface area contributed by atoms with Crippen LogP contribution in [0.15, 0.2) is 40.8 Å². The first-order valence-electron chi connectivity index (χ1n) is 5.82. The highest BCUT2D eigenvalue weighted by Gasteiger charge is 2.36. The van der Waals surface area contributed by atoms with Crippen molar-refractivity contribution in [2.24, 2.45) is 10.8 Å². The van der Waals surface area contributed by atoms with Crippen LogP contribution in [0.5, 0.6) is 5.75 Å². The summed E-state index contributed by atoms with van der Waals surface area (Å²) in [6, 6.07) is 6.98. The lowest BCUT2D eigenvalue weighted by atomic mass is 10.2. The van der Waals surface area contributed by atoms with Crippen molar-refractivity contribution in [1.29, 1.82) is 0 Å². The van der Waals surface area contributed by atoms with E-state index in [1.54, 1.807) is 31.4 Å². The summed E-state index contributed by atoms with van der Waals surface area (Å²) in [5, 5.41) is 4.80. The molecule has 0 fully saturated rings. The van der Waals surface area contributed by atoms with E-state index in [0.29, 0.717) is 5.75 Å². The summed E-state index contributed by atoms with van der Waals surface area (Å²) in [7, 11) is 1.55. The molecule has 0 aliphatic heterocycles. The average Bonchev–Trinajstić information content (AvgIpc) is 2.45. The maximum atomic E-state index is 13.7. The number of hydrazone groups is 1. The minimum atomic E-state index is -3.31. The van der Waals surface area contributed by atoms with Crippen molar-refractivity contribution in [1.82, 2.24) is 5.01 Å². The molecule has 0 spiro atoms. The molecule has 0 saturated heterocycles. The molecule has 0 radical (unpaired) electrons. The van der Waals surface area contributed by atoms with Crippen molar-refractivity contribution in [2.75, 3.05) is 12.4 Å². The van der Waals surface area contributed by atoms with Gasteiger partial charge >= 0.3 is 4.83 Å². The average molecular weight is 427 g/mol. The second-order valence-electron chi connectivity index (χ2n) is 4.05. The van der Waals surface area contributed by atoms with Crippen molar-refractivity contribution >= 4 is 38.6 Å². The third-order valence-corrected chi connectivity index (χ3v) is 3.62. The van der Waals surface area contributed by atoms with Gasteiger partial charge in [0.2, 0.25) is 0 Å². The van der Waals surface area contributed by atoms with Crippen molar-refractivity contribution in [2.45, 2.75) is 11.4 Å². The summed E-state index contributed by atoms with van der Waals surface area (Å²) < 4.78 is 32.4. The Hall–Kier alpha value is -1.15. The van der Waals surface area contributed by atoms with Gasteiger partial charge in [0, 0.05) is 17.7 Å². The first-order valence-corrected chi connectivity index (χ1v) is 7.73. The Morgan fingerprint density at radius 3 is 2.38 bits per heavy atom. The van der Waals surface area contributed by atoms with E-state index in [2.05, 4.69) is 43.7 Å². The largest absolute Gasteiger partial charge is 0.497 e. The quantitative estimate of drug-likeness (QED) is 0.411. The molecule has 0 atom stereocenters. The number of methoxy groups -OCH3 is 1. The molecule has 0 bridgehead atoms.